The first-order valence-electron chi connectivity index (χ1n) is 4.39. The number of rotatable bonds is 7. The Labute approximate surface area is 110 Å². The molecule has 0 aliphatic rings. The second-order valence-corrected chi connectivity index (χ2v) is 5.86. The Morgan fingerprint density at radius 1 is 1.29 bits per heavy atom. The van der Waals surface area contributed by atoms with Crippen LogP contribution in [0.5, 0.6) is 0 Å². The molecular weight excluding hydrogens is 338 g/mol. The molecule has 5 heteroatoms. The fraction of sp³-hybridized carbons (Fsp3) is 1.00. The summed E-state index contributed by atoms with van der Waals surface area (Å²) in [6, 6.07) is 0. The Kier molecular flexibility index (Phi) is 8.15. The molecule has 0 saturated heterocycles. The van der Waals surface area contributed by atoms with Crippen molar-refractivity contribution >= 4 is 45.8 Å². The van der Waals surface area contributed by atoms with Crippen molar-refractivity contribution in [3.05, 3.63) is 0 Å². The predicted octanol–water partition coefficient (Wildman–Crippen LogP) is 3.08. The summed E-state index contributed by atoms with van der Waals surface area (Å²) in [5.74, 6) is 1.01. The summed E-state index contributed by atoms with van der Waals surface area (Å²) in [6.45, 7) is 4.47. The minimum absolute atomic E-state index is 0.0100. The third-order valence-corrected chi connectivity index (χ3v) is 4.30. The quantitative estimate of drug-likeness (QED) is 0.516. The van der Waals surface area contributed by atoms with E-state index in [0.29, 0.717) is 18.4 Å². The van der Waals surface area contributed by atoms with E-state index in [1.54, 1.807) is 7.11 Å². The maximum Gasteiger partial charge on any atom is 0.0855 e. The molecule has 0 aromatic heterocycles. The molecule has 2 atom stereocenters. The van der Waals surface area contributed by atoms with E-state index >= 15 is 0 Å². The van der Waals surface area contributed by atoms with Gasteiger partial charge in [0.2, 0.25) is 0 Å². The molecule has 0 aromatic carbocycles. The molecule has 0 aromatic rings. The zero-order chi connectivity index (χ0) is 11.2. The standard InChI is InChI=1S/C9H17Cl2IO2/c1-9(2,13-3)6-14-8(5-11)7(12)4-10/h7-8H,4-6H2,1-3H3. The van der Waals surface area contributed by atoms with E-state index in [2.05, 4.69) is 22.6 Å². The summed E-state index contributed by atoms with van der Waals surface area (Å²) in [5.41, 5.74) is -0.271. The Balaban J connectivity index is 3.95. The van der Waals surface area contributed by atoms with Crippen LogP contribution in [-0.2, 0) is 9.47 Å². The summed E-state index contributed by atoms with van der Waals surface area (Å²) in [4.78, 5) is 0. The monoisotopic (exact) mass is 354 g/mol. The Morgan fingerprint density at radius 2 is 1.86 bits per heavy atom. The molecule has 0 radical (unpaired) electrons. The van der Waals surface area contributed by atoms with Crippen molar-refractivity contribution in [2.75, 3.05) is 25.5 Å². The average molecular weight is 355 g/mol. The van der Waals surface area contributed by atoms with Gasteiger partial charge in [-0.25, -0.2) is 0 Å². The van der Waals surface area contributed by atoms with Gasteiger partial charge < -0.3 is 9.47 Å². The zero-order valence-electron chi connectivity index (χ0n) is 8.73. The summed E-state index contributed by atoms with van der Waals surface area (Å²) in [7, 11) is 1.67. The molecule has 0 amide bonds. The molecule has 0 bridgehead atoms. The van der Waals surface area contributed by atoms with Crippen LogP contribution in [0.15, 0.2) is 0 Å². The van der Waals surface area contributed by atoms with E-state index in [-0.39, 0.29) is 15.6 Å². The van der Waals surface area contributed by atoms with Crippen LogP contribution in [-0.4, -0.2) is 41.1 Å². The number of hydrogen-bond donors (Lipinski definition) is 0. The van der Waals surface area contributed by atoms with Crippen LogP contribution in [0.4, 0.5) is 0 Å². The molecule has 0 fully saturated rings. The lowest BCUT2D eigenvalue weighted by atomic mass is 10.1. The van der Waals surface area contributed by atoms with Crippen molar-refractivity contribution in [1.82, 2.24) is 0 Å². The van der Waals surface area contributed by atoms with Crippen LogP contribution in [0.3, 0.4) is 0 Å². The highest BCUT2D eigenvalue weighted by Crippen LogP contribution is 2.17. The van der Waals surface area contributed by atoms with Crippen molar-refractivity contribution in [1.29, 1.82) is 0 Å². The smallest absolute Gasteiger partial charge is 0.0855 e. The van der Waals surface area contributed by atoms with E-state index in [0.717, 1.165) is 0 Å². The second kappa shape index (κ2) is 7.49. The first-order valence-corrected chi connectivity index (χ1v) is 6.71. The van der Waals surface area contributed by atoms with Crippen LogP contribution >= 0.6 is 45.8 Å². The van der Waals surface area contributed by atoms with Crippen LogP contribution in [0.2, 0.25) is 0 Å². The Morgan fingerprint density at radius 3 is 2.21 bits per heavy atom. The first-order chi connectivity index (χ1) is 6.46. The van der Waals surface area contributed by atoms with Gasteiger partial charge in [-0.05, 0) is 13.8 Å². The van der Waals surface area contributed by atoms with Crippen molar-refractivity contribution in [3.8, 4) is 0 Å². The van der Waals surface area contributed by atoms with E-state index in [1.165, 1.54) is 0 Å². The van der Waals surface area contributed by atoms with Gasteiger partial charge in [-0.15, -0.1) is 23.2 Å². The molecule has 0 aliphatic carbocycles. The SMILES string of the molecule is COC(C)(C)COC(CCl)C(I)CCl. The van der Waals surface area contributed by atoms with E-state index in [1.807, 2.05) is 13.8 Å². The topological polar surface area (TPSA) is 18.5 Å². The van der Waals surface area contributed by atoms with Gasteiger partial charge in [-0.1, -0.05) is 22.6 Å². The number of alkyl halides is 3. The maximum atomic E-state index is 5.78. The molecule has 0 rings (SSSR count). The lowest BCUT2D eigenvalue weighted by Crippen LogP contribution is -2.36. The van der Waals surface area contributed by atoms with Crippen molar-refractivity contribution in [3.63, 3.8) is 0 Å². The fourth-order valence-electron chi connectivity index (χ4n) is 0.712. The largest absolute Gasteiger partial charge is 0.376 e. The summed E-state index contributed by atoms with van der Waals surface area (Å²) in [5, 5.41) is 0. The van der Waals surface area contributed by atoms with Crippen molar-refractivity contribution in [2.24, 2.45) is 0 Å². The van der Waals surface area contributed by atoms with Crippen LogP contribution in [0.25, 0.3) is 0 Å². The molecule has 0 N–H and O–H groups in total. The molecule has 0 heterocycles. The molecule has 2 nitrogen and oxygen atoms in total. The summed E-state index contributed by atoms with van der Waals surface area (Å²) < 4.78 is 11.1. The van der Waals surface area contributed by atoms with Gasteiger partial charge in [0.1, 0.15) is 0 Å². The van der Waals surface area contributed by atoms with Gasteiger partial charge in [-0.2, -0.15) is 0 Å². The molecule has 0 saturated carbocycles. The van der Waals surface area contributed by atoms with Crippen LogP contribution in [0, 0.1) is 0 Å². The Hall–Kier alpha value is 1.23. The molecule has 2 unspecified atom stereocenters. The lowest BCUT2D eigenvalue weighted by Gasteiger charge is -2.27. The number of halogens is 3. The normalized spacial score (nSPS) is 16.7. The highest BCUT2D eigenvalue weighted by atomic mass is 127. The highest BCUT2D eigenvalue weighted by Gasteiger charge is 2.23. The van der Waals surface area contributed by atoms with Gasteiger partial charge in [0.05, 0.1) is 22.2 Å². The first kappa shape index (κ1) is 15.2. The van der Waals surface area contributed by atoms with Gasteiger partial charge in [0.15, 0.2) is 0 Å². The number of ether oxygens (including phenoxy) is 2. The Bertz CT molecular complexity index is 156. The third kappa shape index (κ3) is 5.95. The van der Waals surface area contributed by atoms with Gasteiger partial charge in [-0.3, -0.25) is 0 Å². The van der Waals surface area contributed by atoms with Gasteiger partial charge in [0, 0.05) is 18.9 Å². The van der Waals surface area contributed by atoms with Gasteiger partial charge >= 0.3 is 0 Å². The third-order valence-electron chi connectivity index (χ3n) is 1.90. The van der Waals surface area contributed by atoms with Crippen LogP contribution in [0.1, 0.15) is 13.8 Å². The van der Waals surface area contributed by atoms with E-state index in [9.17, 15) is 0 Å². The lowest BCUT2D eigenvalue weighted by molar-refractivity contribution is -0.0685. The van der Waals surface area contributed by atoms with Crippen LogP contribution < -0.4 is 0 Å². The average Bonchev–Trinajstić information content (AvgIpc) is 2.18. The molecule has 86 valence electrons. The second-order valence-electron chi connectivity index (χ2n) is 3.64. The maximum absolute atomic E-state index is 5.78. The summed E-state index contributed by atoms with van der Waals surface area (Å²) >= 11 is 13.8. The molecule has 0 aliphatic heterocycles. The summed E-state index contributed by atoms with van der Waals surface area (Å²) in [6.07, 6.45) is -0.0100. The van der Waals surface area contributed by atoms with Gasteiger partial charge in [0.25, 0.3) is 0 Å². The molecule has 14 heavy (non-hydrogen) atoms. The highest BCUT2D eigenvalue weighted by molar-refractivity contribution is 14.1. The predicted molar refractivity (Wildman–Crippen MR) is 70.1 cm³/mol. The minimum Gasteiger partial charge on any atom is -0.376 e. The molecular formula is C9H17Cl2IO2. The number of hydrogen-bond acceptors (Lipinski definition) is 2. The number of methoxy groups -OCH3 is 1. The van der Waals surface area contributed by atoms with Crippen molar-refractivity contribution < 1.29 is 9.47 Å². The fourth-order valence-corrected chi connectivity index (χ4v) is 1.98. The zero-order valence-corrected chi connectivity index (χ0v) is 12.4. The minimum atomic E-state index is -0.271. The molecule has 0 spiro atoms. The van der Waals surface area contributed by atoms with E-state index in [4.69, 9.17) is 32.7 Å². The van der Waals surface area contributed by atoms with Crippen molar-refractivity contribution in [2.45, 2.75) is 29.5 Å². The van der Waals surface area contributed by atoms with E-state index < -0.39 is 0 Å².